The Kier molecular flexibility index (Phi) is 3.19. The Morgan fingerprint density at radius 1 is 1.62 bits per heavy atom. The minimum atomic E-state index is -0.492. The van der Waals surface area contributed by atoms with Crippen molar-refractivity contribution in [1.82, 2.24) is 4.98 Å². The van der Waals surface area contributed by atoms with Crippen molar-refractivity contribution in [2.75, 3.05) is 24.7 Å². The summed E-state index contributed by atoms with van der Waals surface area (Å²) in [6.07, 6.45) is -0.492. The molecule has 1 atom stereocenters. The topological polar surface area (TPSA) is 45.6 Å². The summed E-state index contributed by atoms with van der Waals surface area (Å²) < 4.78 is 5.48. The van der Waals surface area contributed by atoms with Gasteiger partial charge in [0.2, 0.25) is 0 Å². The average Bonchev–Trinajstić information content (AvgIpc) is 2.65. The minimum absolute atomic E-state index is 0.0218. The Morgan fingerprint density at radius 3 is 2.94 bits per heavy atom. The molecule has 1 aliphatic rings. The molecule has 1 fully saturated rings. The van der Waals surface area contributed by atoms with E-state index >= 15 is 0 Å². The Hall–Kier alpha value is -0.650. The summed E-state index contributed by atoms with van der Waals surface area (Å²) in [7, 11) is 0. The number of morpholine rings is 1. The van der Waals surface area contributed by atoms with Crippen LogP contribution in [0.2, 0.25) is 0 Å². The van der Waals surface area contributed by atoms with Crippen LogP contribution in [0.3, 0.4) is 0 Å². The lowest BCUT2D eigenvalue weighted by Crippen LogP contribution is -2.53. The highest BCUT2D eigenvalue weighted by Gasteiger charge is 2.32. The third-order valence-corrected chi connectivity index (χ3v) is 3.70. The van der Waals surface area contributed by atoms with E-state index in [0.29, 0.717) is 0 Å². The molecule has 1 aliphatic heterocycles. The minimum Gasteiger partial charge on any atom is -0.387 e. The second kappa shape index (κ2) is 4.31. The van der Waals surface area contributed by atoms with Crippen LogP contribution in [0.1, 0.15) is 32.6 Å². The van der Waals surface area contributed by atoms with Gasteiger partial charge in [0.25, 0.3) is 0 Å². The molecule has 90 valence electrons. The lowest BCUT2D eigenvalue weighted by atomic mass is 10.0. The van der Waals surface area contributed by atoms with Crippen molar-refractivity contribution in [3.8, 4) is 0 Å². The van der Waals surface area contributed by atoms with Gasteiger partial charge in [-0.1, -0.05) is 0 Å². The molecule has 4 nitrogen and oxygen atoms in total. The predicted octanol–water partition coefficient (Wildman–Crippen LogP) is 1.81. The highest BCUT2D eigenvalue weighted by Crippen LogP contribution is 2.31. The van der Waals surface area contributed by atoms with E-state index in [2.05, 4.69) is 23.7 Å². The molecule has 0 amide bonds. The molecular weight excluding hydrogens is 224 g/mol. The maximum Gasteiger partial charge on any atom is 0.186 e. The zero-order valence-corrected chi connectivity index (χ0v) is 10.8. The summed E-state index contributed by atoms with van der Waals surface area (Å²) >= 11 is 1.59. The van der Waals surface area contributed by atoms with Gasteiger partial charge in [0, 0.05) is 11.9 Å². The summed E-state index contributed by atoms with van der Waals surface area (Å²) in [5.74, 6) is 0. The molecule has 0 saturated carbocycles. The molecule has 1 saturated heterocycles. The van der Waals surface area contributed by atoms with Gasteiger partial charge in [0.1, 0.15) is 0 Å². The maximum absolute atomic E-state index is 9.47. The Morgan fingerprint density at radius 2 is 2.38 bits per heavy atom. The van der Waals surface area contributed by atoms with Crippen LogP contribution in [-0.2, 0) is 4.74 Å². The van der Waals surface area contributed by atoms with Crippen LogP contribution in [0.25, 0.3) is 0 Å². The third kappa shape index (κ3) is 2.21. The number of aliphatic hydroxyl groups excluding tert-OH is 1. The van der Waals surface area contributed by atoms with Crippen molar-refractivity contribution >= 4 is 16.5 Å². The van der Waals surface area contributed by atoms with Gasteiger partial charge in [-0.05, 0) is 20.8 Å². The molecule has 16 heavy (non-hydrogen) atoms. The van der Waals surface area contributed by atoms with Gasteiger partial charge >= 0.3 is 0 Å². The number of hydrogen-bond donors (Lipinski definition) is 1. The van der Waals surface area contributed by atoms with Gasteiger partial charge in [-0.15, -0.1) is 11.3 Å². The van der Waals surface area contributed by atoms with Gasteiger partial charge in [0.15, 0.2) is 5.13 Å². The monoisotopic (exact) mass is 242 g/mol. The van der Waals surface area contributed by atoms with E-state index in [1.54, 1.807) is 18.3 Å². The first-order chi connectivity index (χ1) is 7.50. The summed E-state index contributed by atoms with van der Waals surface area (Å²) in [5, 5.41) is 12.4. The van der Waals surface area contributed by atoms with Gasteiger partial charge in [-0.3, -0.25) is 0 Å². The van der Waals surface area contributed by atoms with Crippen molar-refractivity contribution in [3.63, 3.8) is 0 Å². The molecule has 1 aromatic heterocycles. The first kappa shape index (κ1) is 11.8. The van der Waals surface area contributed by atoms with Crippen molar-refractivity contribution in [1.29, 1.82) is 0 Å². The fourth-order valence-electron chi connectivity index (χ4n) is 1.81. The Balaban J connectivity index is 2.21. The van der Waals surface area contributed by atoms with Crippen LogP contribution in [0, 0.1) is 0 Å². The van der Waals surface area contributed by atoms with Gasteiger partial charge in [0.05, 0.1) is 30.6 Å². The van der Waals surface area contributed by atoms with Crippen molar-refractivity contribution in [2.24, 2.45) is 0 Å². The van der Waals surface area contributed by atoms with E-state index in [1.165, 1.54) is 0 Å². The molecule has 0 bridgehead atoms. The van der Waals surface area contributed by atoms with E-state index in [1.807, 2.05) is 5.38 Å². The lowest BCUT2D eigenvalue weighted by Gasteiger charge is -2.42. The highest BCUT2D eigenvalue weighted by molar-refractivity contribution is 7.13. The smallest absolute Gasteiger partial charge is 0.186 e. The number of aliphatic hydroxyl groups is 1. The number of hydrogen-bond acceptors (Lipinski definition) is 5. The summed E-state index contributed by atoms with van der Waals surface area (Å²) in [5.41, 5.74) is 0.730. The summed E-state index contributed by atoms with van der Waals surface area (Å²) in [4.78, 5) is 6.72. The van der Waals surface area contributed by atoms with E-state index in [0.717, 1.165) is 30.6 Å². The standard InChI is InChI=1S/C11H18N2O2S/c1-8(14)9-6-16-10(12-9)13-4-5-15-7-11(13,2)3/h6,8,14H,4-5,7H2,1-3H3. The number of aromatic nitrogens is 1. The fourth-order valence-corrected chi connectivity index (χ4v) is 2.90. The normalized spacial score (nSPS) is 22.1. The summed E-state index contributed by atoms with van der Waals surface area (Å²) in [6, 6.07) is 0. The van der Waals surface area contributed by atoms with Crippen LogP contribution in [0.15, 0.2) is 5.38 Å². The second-order valence-corrected chi connectivity index (χ2v) is 5.58. The molecule has 1 aromatic rings. The quantitative estimate of drug-likeness (QED) is 0.859. The average molecular weight is 242 g/mol. The van der Waals surface area contributed by atoms with Crippen molar-refractivity contribution < 1.29 is 9.84 Å². The van der Waals surface area contributed by atoms with Crippen LogP contribution in [0.4, 0.5) is 5.13 Å². The van der Waals surface area contributed by atoms with Crippen LogP contribution in [0.5, 0.6) is 0 Å². The molecule has 1 unspecified atom stereocenters. The number of thiazole rings is 1. The first-order valence-corrected chi connectivity index (χ1v) is 6.37. The van der Waals surface area contributed by atoms with Gasteiger partial charge in [-0.25, -0.2) is 4.98 Å². The predicted molar refractivity (Wildman–Crippen MR) is 65.0 cm³/mol. The highest BCUT2D eigenvalue weighted by atomic mass is 32.1. The van der Waals surface area contributed by atoms with Gasteiger partial charge < -0.3 is 14.7 Å². The maximum atomic E-state index is 9.47. The van der Waals surface area contributed by atoms with Crippen LogP contribution >= 0.6 is 11.3 Å². The molecular formula is C11H18N2O2S. The third-order valence-electron chi connectivity index (χ3n) is 2.81. The van der Waals surface area contributed by atoms with E-state index < -0.39 is 6.10 Å². The zero-order valence-electron chi connectivity index (χ0n) is 9.93. The van der Waals surface area contributed by atoms with Gasteiger partial charge in [-0.2, -0.15) is 0 Å². The number of ether oxygens (including phenoxy) is 1. The number of anilines is 1. The molecule has 1 N–H and O–H groups in total. The molecule has 0 aliphatic carbocycles. The number of rotatable bonds is 2. The molecule has 5 heteroatoms. The van der Waals surface area contributed by atoms with Crippen molar-refractivity contribution in [3.05, 3.63) is 11.1 Å². The van der Waals surface area contributed by atoms with E-state index in [-0.39, 0.29) is 5.54 Å². The van der Waals surface area contributed by atoms with E-state index in [9.17, 15) is 5.11 Å². The first-order valence-electron chi connectivity index (χ1n) is 5.49. The summed E-state index contributed by atoms with van der Waals surface area (Å²) in [6.45, 7) is 8.36. The van der Waals surface area contributed by atoms with Crippen LogP contribution < -0.4 is 4.90 Å². The molecule has 2 heterocycles. The molecule has 0 aromatic carbocycles. The largest absolute Gasteiger partial charge is 0.387 e. The molecule has 0 spiro atoms. The number of nitrogens with zero attached hydrogens (tertiary/aromatic N) is 2. The SMILES string of the molecule is CC(O)c1csc(N2CCOCC2(C)C)n1. The Labute approximate surface area is 99.9 Å². The second-order valence-electron chi connectivity index (χ2n) is 4.75. The van der Waals surface area contributed by atoms with Crippen molar-refractivity contribution in [2.45, 2.75) is 32.4 Å². The Bertz CT molecular complexity index is 363. The van der Waals surface area contributed by atoms with Crippen LogP contribution in [-0.4, -0.2) is 35.4 Å². The fraction of sp³-hybridized carbons (Fsp3) is 0.727. The zero-order chi connectivity index (χ0) is 11.8. The van der Waals surface area contributed by atoms with E-state index in [4.69, 9.17) is 4.74 Å². The molecule has 0 radical (unpaired) electrons. The molecule has 2 rings (SSSR count). The lowest BCUT2D eigenvalue weighted by molar-refractivity contribution is 0.0643.